The van der Waals surface area contributed by atoms with Crippen molar-refractivity contribution < 1.29 is 4.79 Å². The molecule has 0 aromatic carbocycles. The van der Waals surface area contributed by atoms with Crippen LogP contribution in [0.25, 0.3) is 0 Å². The largest absolute Gasteiger partial charge is 0.353 e. The second kappa shape index (κ2) is 9.26. The van der Waals surface area contributed by atoms with Crippen molar-refractivity contribution in [2.24, 2.45) is 0 Å². The molecule has 2 N–H and O–H groups in total. The Morgan fingerprint density at radius 3 is 2.67 bits per heavy atom. The molecule has 1 amide bonds. The highest BCUT2D eigenvalue weighted by Crippen LogP contribution is 2.25. The van der Waals surface area contributed by atoms with Gasteiger partial charge in [-0.1, -0.05) is 6.92 Å². The molecule has 1 heterocycles. The molecule has 2 aliphatic rings. The molecule has 0 bridgehead atoms. The summed E-state index contributed by atoms with van der Waals surface area (Å²) in [6, 6.07) is 0.822. The van der Waals surface area contributed by atoms with Crippen LogP contribution < -0.4 is 10.6 Å². The summed E-state index contributed by atoms with van der Waals surface area (Å²) in [5, 5.41) is 6.20. The first-order valence-corrected chi connectivity index (χ1v) is 7.29. The standard InChI is InChI=1S/C11H21N3OS.2ClH/c1-2-14(9-3-4-9)6-5-12-11(15)10-7-16-8-13-10;;/h9-10,13H,2-8H2,1H3,(H,12,15);2*1H. The minimum absolute atomic E-state index is 0. The number of amides is 1. The van der Waals surface area contributed by atoms with E-state index in [4.69, 9.17) is 0 Å². The second-order valence-electron chi connectivity index (χ2n) is 4.42. The maximum atomic E-state index is 11.7. The molecule has 0 spiro atoms. The molecule has 0 aromatic heterocycles. The third kappa shape index (κ3) is 5.53. The number of likely N-dealkylation sites (N-methyl/N-ethyl adjacent to an activating group) is 1. The molecule has 2 rings (SSSR count). The summed E-state index contributed by atoms with van der Waals surface area (Å²) in [7, 11) is 0. The lowest BCUT2D eigenvalue weighted by Gasteiger charge is -2.20. The van der Waals surface area contributed by atoms with Gasteiger partial charge in [0, 0.05) is 30.8 Å². The van der Waals surface area contributed by atoms with Crippen LogP contribution in [0.5, 0.6) is 0 Å². The van der Waals surface area contributed by atoms with E-state index >= 15 is 0 Å². The summed E-state index contributed by atoms with van der Waals surface area (Å²) in [6.45, 7) is 5.06. The van der Waals surface area contributed by atoms with Crippen molar-refractivity contribution in [1.29, 1.82) is 0 Å². The molecule has 1 unspecified atom stereocenters. The maximum absolute atomic E-state index is 11.7. The Morgan fingerprint density at radius 1 is 1.44 bits per heavy atom. The summed E-state index contributed by atoms with van der Waals surface area (Å²) in [6.07, 6.45) is 2.67. The Bertz CT molecular complexity index is 248. The highest BCUT2D eigenvalue weighted by Gasteiger charge is 2.27. The van der Waals surface area contributed by atoms with Crippen molar-refractivity contribution in [1.82, 2.24) is 15.5 Å². The number of nitrogens with zero attached hydrogens (tertiary/aromatic N) is 1. The van der Waals surface area contributed by atoms with Crippen molar-refractivity contribution in [3.63, 3.8) is 0 Å². The Balaban J connectivity index is 0.00000144. The van der Waals surface area contributed by atoms with E-state index in [0.29, 0.717) is 0 Å². The van der Waals surface area contributed by atoms with Crippen LogP contribution in [0.3, 0.4) is 0 Å². The van der Waals surface area contributed by atoms with Gasteiger partial charge in [-0.2, -0.15) is 0 Å². The molecule has 18 heavy (non-hydrogen) atoms. The molecule has 1 aliphatic carbocycles. The zero-order chi connectivity index (χ0) is 11.4. The fourth-order valence-corrected chi connectivity index (χ4v) is 2.99. The number of hydrogen-bond donors (Lipinski definition) is 2. The summed E-state index contributed by atoms with van der Waals surface area (Å²) in [4.78, 5) is 14.2. The first-order chi connectivity index (χ1) is 7.81. The van der Waals surface area contributed by atoms with Gasteiger partial charge in [0.15, 0.2) is 0 Å². The lowest BCUT2D eigenvalue weighted by molar-refractivity contribution is -0.122. The van der Waals surface area contributed by atoms with E-state index in [2.05, 4.69) is 22.5 Å². The zero-order valence-corrected chi connectivity index (χ0v) is 13.1. The smallest absolute Gasteiger partial charge is 0.238 e. The molecule has 4 nitrogen and oxygen atoms in total. The van der Waals surface area contributed by atoms with Crippen LogP contribution in [0.1, 0.15) is 19.8 Å². The number of hydrogen-bond acceptors (Lipinski definition) is 4. The van der Waals surface area contributed by atoms with E-state index in [1.165, 1.54) is 12.8 Å². The fourth-order valence-electron chi connectivity index (χ4n) is 2.05. The Morgan fingerprint density at radius 2 is 2.17 bits per heavy atom. The second-order valence-corrected chi connectivity index (χ2v) is 5.45. The monoisotopic (exact) mass is 315 g/mol. The maximum Gasteiger partial charge on any atom is 0.238 e. The van der Waals surface area contributed by atoms with E-state index in [1.807, 2.05) is 0 Å². The van der Waals surface area contributed by atoms with Gasteiger partial charge in [-0.15, -0.1) is 36.6 Å². The van der Waals surface area contributed by atoms with E-state index in [9.17, 15) is 4.79 Å². The summed E-state index contributed by atoms with van der Waals surface area (Å²) in [5.74, 6) is 1.98. The number of carbonyl (C=O) groups is 1. The normalized spacial score (nSPS) is 22.2. The third-order valence-corrected chi connectivity index (χ3v) is 4.14. The van der Waals surface area contributed by atoms with E-state index in [0.717, 1.165) is 37.3 Å². The lowest BCUT2D eigenvalue weighted by atomic mass is 10.3. The quantitative estimate of drug-likeness (QED) is 0.770. The van der Waals surface area contributed by atoms with Gasteiger partial charge < -0.3 is 5.32 Å². The van der Waals surface area contributed by atoms with Crippen molar-refractivity contribution in [2.45, 2.75) is 31.8 Å². The number of carbonyl (C=O) groups excluding carboxylic acids is 1. The van der Waals surface area contributed by atoms with Crippen LogP contribution in [0.2, 0.25) is 0 Å². The van der Waals surface area contributed by atoms with Crippen molar-refractivity contribution >= 4 is 42.5 Å². The summed E-state index contributed by atoms with van der Waals surface area (Å²) < 4.78 is 0. The average Bonchev–Trinajstić information content (AvgIpc) is 2.97. The third-order valence-electron chi connectivity index (χ3n) is 3.20. The first-order valence-electron chi connectivity index (χ1n) is 6.14. The molecule has 2 fully saturated rings. The molecular weight excluding hydrogens is 293 g/mol. The number of thioether (sulfide) groups is 1. The lowest BCUT2D eigenvalue weighted by Crippen LogP contribution is -2.44. The summed E-state index contributed by atoms with van der Waals surface area (Å²) >= 11 is 1.79. The van der Waals surface area contributed by atoms with Crippen molar-refractivity contribution in [3.8, 4) is 0 Å². The molecule has 0 aromatic rings. The van der Waals surface area contributed by atoms with E-state index in [1.54, 1.807) is 11.8 Å². The molecule has 1 atom stereocenters. The highest BCUT2D eigenvalue weighted by molar-refractivity contribution is 7.99. The van der Waals surface area contributed by atoms with Crippen LogP contribution >= 0.6 is 36.6 Å². The van der Waals surface area contributed by atoms with Crippen molar-refractivity contribution in [2.75, 3.05) is 31.3 Å². The Hall–Kier alpha value is 0.320. The van der Waals surface area contributed by atoms with Crippen LogP contribution in [-0.4, -0.2) is 54.2 Å². The molecule has 7 heteroatoms. The molecule has 0 radical (unpaired) electrons. The molecular formula is C11H23Cl2N3OS. The highest BCUT2D eigenvalue weighted by atomic mass is 35.5. The minimum atomic E-state index is 0. The molecule has 1 saturated carbocycles. The van der Waals surface area contributed by atoms with Crippen LogP contribution in [-0.2, 0) is 4.79 Å². The Kier molecular flexibility index (Phi) is 9.42. The van der Waals surface area contributed by atoms with Gasteiger partial charge in [-0.05, 0) is 19.4 Å². The van der Waals surface area contributed by atoms with Crippen molar-refractivity contribution in [3.05, 3.63) is 0 Å². The number of rotatable bonds is 6. The van der Waals surface area contributed by atoms with Gasteiger partial charge >= 0.3 is 0 Å². The predicted octanol–water partition coefficient (Wildman–Crippen LogP) is 1.09. The Labute approximate surface area is 126 Å². The summed E-state index contributed by atoms with van der Waals surface area (Å²) in [5.41, 5.74) is 0. The van der Waals surface area contributed by atoms with E-state index < -0.39 is 0 Å². The van der Waals surface area contributed by atoms with E-state index in [-0.39, 0.29) is 36.8 Å². The molecule has 1 aliphatic heterocycles. The van der Waals surface area contributed by atoms with Gasteiger partial charge in [-0.25, -0.2) is 0 Å². The van der Waals surface area contributed by atoms with Crippen LogP contribution in [0.15, 0.2) is 0 Å². The SMILES string of the molecule is CCN(CCNC(=O)C1CSCN1)C1CC1.Cl.Cl. The van der Waals surface area contributed by atoms with Crippen LogP contribution in [0.4, 0.5) is 0 Å². The topological polar surface area (TPSA) is 44.4 Å². The fraction of sp³-hybridized carbons (Fsp3) is 0.909. The van der Waals surface area contributed by atoms with Gasteiger partial charge in [0.25, 0.3) is 0 Å². The molecule has 108 valence electrons. The van der Waals surface area contributed by atoms with Crippen LogP contribution in [0, 0.1) is 0 Å². The number of nitrogens with one attached hydrogen (secondary N) is 2. The van der Waals surface area contributed by atoms with Gasteiger partial charge in [0.1, 0.15) is 0 Å². The first kappa shape index (κ1) is 18.3. The predicted molar refractivity (Wildman–Crippen MR) is 82.0 cm³/mol. The van der Waals surface area contributed by atoms with Gasteiger partial charge in [-0.3, -0.25) is 15.0 Å². The number of halogens is 2. The van der Waals surface area contributed by atoms with Gasteiger partial charge in [0.2, 0.25) is 5.91 Å². The molecule has 1 saturated heterocycles. The zero-order valence-electron chi connectivity index (χ0n) is 10.7. The van der Waals surface area contributed by atoms with Gasteiger partial charge in [0.05, 0.1) is 6.04 Å². The minimum Gasteiger partial charge on any atom is -0.353 e. The average molecular weight is 316 g/mol.